The summed E-state index contributed by atoms with van der Waals surface area (Å²) in [4.78, 5) is 37.1. The second kappa shape index (κ2) is 9.40. The van der Waals surface area contributed by atoms with Crippen molar-refractivity contribution in [2.75, 3.05) is 26.2 Å². The van der Waals surface area contributed by atoms with Crippen molar-refractivity contribution in [3.8, 4) is 0 Å². The largest absolute Gasteiger partial charge is 0.466 e. The highest BCUT2D eigenvalue weighted by molar-refractivity contribution is 5.95. The molecule has 126 valence electrons. The standard InChI is InChI=1S/C15H27N3O4/c1-4-11(3)16-15(21)17-13(19)10-18-8-6-7-12(9-18)14(20)22-5-2/h11-12H,4-10H2,1-3H3,(H2,16,17,19,21)/t11-,12+/m1/s1. The van der Waals surface area contributed by atoms with E-state index in [2.05, 4.69) is 10.6 Å². The summed E-state index contributed by atoms with van der Waals surface area (Å²) in [6, 6.07) is -0.450. The number of nitrogens with zero attached hydrogens (tertiary/aromatic N) is 1. The lowest BCUT2D eigenvalue weighted by Crippen LogP contribution is -2.49. The number of ether oxygens (including phenoxy) is 1. The van der Waals surface area contributed by atoms with Gasteiger partial charge in [-0.15, -0.1) is 0 Å². The highest BCUT2D eigenvalue weighted by atomic mass is 16.5. The maximum atomic E-state index is 11.9. The van der Waals surface area contributed by atoms with Crippen LogP contribution in [0.15, 0.2) is 0 Å². The Bertz CT molecular complexity index is 400. The number of hydrogen-bond donors (Lipinski definition) is 2. The zero-order valence-electron chi connectivity index (χ0n) is 13.7. The lowest BCUT2D eigenvalue weighted by Gasteiger charge is -2.30. The number of amides is 3. The number of urea groups is 1. The monoisotopic (exact) mass is 313 g/mol. The summed E-state index contributed by atoms with van der Waals surface area (Å²) in [7, 11) is 0. The normalized spacial score (nSPS) is 20.0. The predicted molar refractivity (Wildman–Crippen MR) is 82.2 cm³/mol. The van der Waals surface area contributed by atoms with E-state index >= 15 is 0 Å². The Kier molecular flexibility index (Phi) is 7.87. The SMILES string of the molecule is CCOC(=O)[C@H]1CCCN(CC(=O)NC(=O)N[C@H](C)CC)C1. The molecule has 0 bridgehead atoms. The van der Waals surface area contributed by atoms with Crippen LogP contribution in [-0.2, 0) is 14.3 Å². The van der Waals surface area contributed by atoms with Crippen LogP contribution in [0.2, 0.25) is 0 Å². The van der Waals surface area contributed by atoms with Gasteiger partial charge in [0.15, 0.2) is 0 Å². The number of piperidine rings is 1. The first kappa shape index (κ1) is 18.4. The maximum Gasteiger partial charge on any atom is 0.321 e. The quantitative estimate of drug-likeness (QED) is 0.711. The van der Waals surface area contributed by atoms with E-state index in [1.807, 2.05) is 18.7 Å². The van der Waals surface area contributed by atoms with Gasteiger partial charge in [0, 0.05) is 12.6 Å². The number of rotatable bonds is 6. The van der Waals surface area contributed by atoms with Gasteiger partial charge in [-0.3, -0.25) is 19.8 Å². The van der Waals surface area contributed by atoms with Gasteiger partial charge >= 0.3 is 12.0 Å². The van der Waals surface area contributed by atoms with Gasteiger partial charge in [0.1, 0.15) is 0 Å². The van der Waals surface area contributed by atoms with E-state index in [9.17, 15) is 14.4 Å². The van der Waals surface area contributed by atoms with Crippen LogP contribution in [0.4, 0.5) is 4.79 Å². The van der Waals surface area contributed by atoms with Crippen LogP contribution in [0.3, 0.4) is 0 Å². The fourth-order valence-electron chi connectivity index (χ4n) is 2.38. The van der Waals surface area contributed by atoms with E-state index in [1.165, 1.54) is 0 Å². The third-order valence-electron chi connectivity index (χ3n) is 3.74. The zero-order valence-corrected chi connectivity index (χ0v) is 13.7. The van der Waals surface area contributed by atoms with Crippen LogP contribution in [0.5, 0.6) is 0 Å². The lowest BCUT2D eigenvalue weighted by molar-refractivity contribution is -0.150. The van der Waals surface area contributed by atoms with Crippen molar-refractivity contribution >= 4 is 17.9 Å². The first-order valence-electron chi connectivity index (χ1n) is 7.95. The van der Waals surface area contributed by atoms with E-state index in [4.69, 9.17) is 4.74 Å². The smallest absolute Gasteiger partial charge is 0.321 e. The molecule has 1 aliphatic rings. The Morgan fingerprint density at radius 3 is 2.68 bits per heavy atom. The van der Waals surface area contributed by atoms with Gasteiger partial charge in [-0.25, -0.2) is 4.79 Å². The topological polar surface area (TPSA) is 87.7 Å². The highest BCUT2D eigenvalue weighted by Crippen LogP contribution is 2.17. The fourth-order valence-corrected chi connectivity index (χ4v) is 2.38. The van der Waals surface area contributed by atoms with Gasteiger partial charge in [0.05, 0.1) is 19.1 Å². The molecule has 0 radical (unpaired) electrons. The number of hydrogen-bond acceptors (Lipinski definition) is 5. The molecule has 1 heterocycles. The molecule has 0 unspecified atom stereocenters. The van der Waals surface area contributed by atoms with E-state index < -0.39 is 6.03 Å². The minimum Gasteiger partial charge on any atom is -0.466 e. The second-order valence-corrected chi connectivity index (χ2v) is 5.66. The number of esters is 1. The summed E-state index contributed by atoms with van der Waals surface area (Å²) in [5, 5.41) is 4.99. The molecule has 0 aliphatic carbocycles. The van der Waals surface area contributed by atoms with Gasteiger partial charge in [0.25, 0.3) is 0 Å². The lowest BCUT2D eigenvalue weighted by atomic mass is 9.98. The molecular formula is C15H27N3O4. The average Bonchev–Trinajstić information content (AvgIpc) is 2.47. The van der Waals surface area contributed by atoms with Crippen molar-refractivity contribution in [2.24, 2.45) is 5.92 Å². The van der Waals surface area contributed by atoms with E-state index in [-0.39, 0.29) is 30.4 Å². The molecule has 0 aromatic rings. The number of carbonyl (C=O) groups is 3. The maximum absolute atomic E-state index is 11.9. The zero-order chi connectivity index (χ0) is 16.5. The Morgan fingerprint density at radius 1 is 1.32 bits per heavy atom. The molecule has 7 nitrogen and oxygen atoms in total. The van der Waals surface area contributed by atoms with Crippen molar-refractivity contribution < 1.29 is 19.1 Å². The predicted octanol–water partition coefficient (Wildman–Crippen LogP) is 0.886. The molecule has 2 N–H and O–H groups in total. The molecule has 22 heavy (non-hydrogen) atoms. The van der Waals surface area contributed by atoms with Gasteiger partial charge in [-0.2, -0.15) is 0 Å². The molecule has 7 heteroatoms. The third-order valence-corrected chi connectivity index (χ3v) is 3.74. The van der Waals surface area contributed by atoms with Gasteiger partial charge in [-0.05, 0) is 39.7 Å². The summed E-state index contributed by atoms with van der Waals surface area (Å²) >= 11 is 0. The van der Waals surface area contributed by atoms with Crippen molar-refractivity contribution in [2.45, 2.75) is 46.1 Å². The molecule has 1 rings (SSSR count). The molecule has 1 aliphatic heterocycles. The van der Waals surface area contributed by atoms with Gasteiger partial charge in [-0.1, -0.05) is 6.92 Å². The second-order valence-electron chi connectivity index (χ2n) is 5.66. The Hall–Kier alpha value is -1.63. The van der Waals surface area contributed by atoms with Crippen LogP contribution in [0, 0.1) is 5.92 Å². The van der Waals surface area contributed by atoms with E-state index in [0.29, 0.717) is 13.2 Å². The van der Waals surface area contributed by atoms with Crippen LogP contribution < -0.4 is 10.6 Å². The Balaban J connectivity index is 2.37. The number of likely N-dealkylation sites (tertiary alicyclic amines) is 1. The van der Waals surface area contributed by atoms with Crippen LogP contribution in [0.25, 0.3) is 0 Å². The molecule has 1 fully saturated rings. The average molecular weight is 313 g/mol. The van der Waals surface area contributed by atoms with Crippen LogP contribution >= 0.6 is 0 Å². The fraction of sp³-hybridized carbons (Fsp3) is 0.800. The molecule has 0 spiro atoms. The van der Waals surface area contributed by atoms with Crippen molar-refractivity contribution in [3.63, 3.8) is 0 Å². The molecule has 3 amide bonds. The molecule has 1 saturated heterocycles. The summed E-state index contributed by atoms with van der Waals surface area (Å²) in [5.74, 6) is -0.747. The van der Waals surface area contributed by atoms with Crippen LogP contribution in [0.1, 0.15) is 40.0 Å². The molecule has 0 aromatic heterocycles. The number of nitrogens with one attached hydrogen (secondary N) is 2. The molecular weight excluding hydrogens is 286 g/mol. The molecule has 2 atom stereocenters. The molecule has 0 aromatic carbocycles. The van der Waals surface area contributed by atoms with Crippen molar-refractivity contribution in [3.05, 3.63) is 0 Å². The number of carbonyl (C=O) groups excluding carboxylic acids is 3. The van der Waals surface area contributed by atoms with Gasteiger partial charge < -0.3 is 10.1 Å². The number of imide groups is 1. The summed E-state index contributed by atoms with van der Waals surface area (Å²) in [5.41, 5.74) is 0. The summed E-state index contributed by atoms with van der Waals surface area (Å²) in [6.07, 6.45) is 2.43. The Morgan fingerprint density at radius 2 is 2.05 bits per heavy atom. The minimum atomic E-state index is -0.474. The van der Waals surface area contributed by atoms with Crippen molar-refractivity contribution in [1.82, 2.24) is 15.5 Å². The van der Waals surface area contributed by atoms with E-state index in [0.717, 1.165) is 25.8 Å². The summed E-state index contributed by atoms with van der Waals surface area (Å²) in [6.45, 7) is 7.33. The summed E-state index contributed by atoms with van der Waals surface area (Å²) < 4.78 is 5.03. The van der Waals surface area contributed by atoms with E-state index in [1.54, 1.807) is 6.92 Å². The first-order valence-corrected chi connectivity index (χ1v) is 7.95. The Labute approximate surface area is 131 Å². The van der Waals surface area contributed by atoms with Crippen molar-refractivity contribution in [1.29, 1.82) is 0 Å². The molecule has 0 saturated carbocycles. The minimum absolute atomic E-state index is 0.0241. The first-order chi connectivity index (χ1) is 10.5. The van der Waals surface area contributed by atoms with Gasteiger partial charge in [0.2, 0.25) is 5.91 Å². The third kappa shape index (κ3) is 6.43. The van der Waals surface area contributed by atoms with Crippen LogP contribution in [-0.4, -0.2) is 55.1 Å². The highest BCUT2D eigenvalue weighted by Gasteiger charge is 2.28.